The predicted molar refractivity (Wildman–Crippen MR) is 77.1 cm³/mol. The normalized spacial score (nSPS) is 28.1. The smallest absolute Gasteiger partial charge is 0.308 e. The molecule has 2 atom stereocenters. The lowest BCUT2D eigenvalue weighted by atomic mass is 9.55. The standard InChI is InChI=1S/C16H28O4/c1-8-16(20-14(18)11(4)5)9-12(15(16,6)7)19-13(17)10(2)3/h10-12H,8-9H2,1-7H3. The first-order valence-electron chi connectivity index (χ1n) is 7.50. The predicted octanol–water partition coefficient (Wildman–Crippen LogP) is 3.33. The summed E-state index contributed by atoms with van der Waals surface area (Å²) in [5.74, 6) is -0.663. The molecule has 0 radical (unpaired) electrons. The Morgan fingerprint density at radius 3 is 1.95 bits per heavy atom. The minimum Gasteiger partial charge on any atom is -0.461 e. The molecule has 1 saturated carbocycles. The van der Waals surface area contributed by atoms with E-state index in [1.807, 2.05) is 48.5 Å². The van der Waals surface area contributed by atoms with Crippen LogP contribution in [0.2, 0.25) is 0 Å². The first kappa shape index (κ1) is 17.0. The average molecular weight is 284 g/mol. The molecule has 0 aromatic carbocycles. The van der Waals surface area contributed by atoms with Gasteiger partial charge in [0, 0.05) is 11.8 Å². The van der Waals surface area contributed by atoms with E-state index < -0.39 is 5.60 Å². The van der Waals surface area contributed by atoms with E-state index >= 15 is 0 Å². The summed E-state index contributed by atoms with van der Waals surface area (Å²) in [6.07, 6.45) is 1.14. The summed E-state index contributed by atoms with van der Waals surface area (Å²) < 4.78 is 11.3. The van der Waals surface area contributed by atoms with Crippen LogP contribution in [0.3, 0.4) is 0 Å². The van der Waals surface area contributed by atoms with Gasteiger partial charge in [-0.3, -0.25) is 9.59 Å². The number of hydrogen-bond donors (Lipinski definition) is 0. The Morgan fingerprint density at radius 1 is 1.10 bits per heavy atom. The second-order valence-electron chi connectivity index (χ2n) is 6.93. The van der Waals surface area contributed by atoms with Gasteiger partial charge in [-0.25, -0.2) is 0 Å². The molecular formula is C16H28O4. The molecule has 1 aliphatic rings. The van der Waals surface area contributed by atoms with Crippen molar-refractivity contribution in [1.82, 2.24) is 0 Å². The molecule has 0 spiro atoms. The van der Waals surface area contributed by atoms with Crippen LogP contribution in [-0.4, -0.2) is 23.6 Å². The van der Waals surface area contributed by atoms with Gasteiger partial charge in [-0.1, -0.05) is 48.5 Å². The zero-order valence-electron chi connectivity index (χ0n) is 13.8. The van der Waals surface area contributed by atoms with Gasteiger partial charge in [-0.05, 0) is 6.42 Å². The molecule has 0 aromatic heterocycles. The van der Waals surface area contributed by atoms with Crippen molar-refractivity contribution in [2.75, 3.05) is 0 Å². The molecule has 0 amide bonds. The van der Waals surface area contributed by atoms with Gasteiger partial charge in [0.2, 0.25) is 0 Å². The van der Waals surface area contributed by atoms with Crippen molar-refractivity contribution in [3.05, 3.63) is 0 Å². The maximum Gasteiger partial charge on any atom is 0.308 e. The van der Waals surface area contributed by atoms with Gasteiger partial charge >= 0.3 is 11.9 Å². The summed E-state index contributed by atoms with van der Waals surface area (Å²) in [4.78, 5) is 23.6. The molecule has 1 rings (SSSR count). The maximum absolute atomic E-state index is 11.9. The molecule has 2 unspecified atom stereocenters. The van der Waals surface area contributed by atoms with Crippen molar-refractivity contribution in [3.8, 4) is 0 Å². The highest BCUT2D eigenvalue weighted by molar-refractivity contribution is 5.73. The highest BCUT2D eigenvalue weighted by Gasteiger charge is 2.64. The summed E-state index contributed by atoms with van der Waals surface area (Å²) in [7, 11) is 0. The summed E-state index contributed by atoms with van der Waals surface area (Å²) >= 11 is 0. The van der Waals surface area contributed by atoms with Gasteiger partial charge in [0.25, 0.3) is 0 Å². The van der Waals surface area contributed by atoms with Crippen LogP contribution in [0.4, 0.5) is 0 Å². The van der Waals surface area contributed by atoms with E-state index in [1.165, 1.54) is 0 Å². The van der Waals surface area contributed by atoms with Crippen LogP contribution in [0.25, 0.3) is 0 Å². The number of esters is 2. The third-order valence-electron chi connectivity index (χ3n) is 4.56. The Hall–Kier alpha value is -1.06. The monoisotopic (exact) mass is 284 g/mol. The number of ether oxygens (including phenoxy) is 2. The van der Waals surface area contributed by atoms with E-state index in [-0.39, 0.29) is 35.3 Å². The van der Waals surface area contributed by atoms with Crippen molar-refractivity contribution in [2.24, 2.45) is 17.3 Å². The third-order valence-corrected chi connectivity index (χ3v) is 4.56. The van der Waals surface area contributed by atoms with E-state index in [9.17, 15) is 9.59 Å². The first-order chi connectivity index (χ1) is 9.07. The van der Waals surface area contributed by atoms with Gasteiger partial charge < -0.3 is 9.47 Å². The van der Waals surface area contributed by atoms with E-state index in [0.717, 1.165) is 6.42 Å². The zero-order chi connectivity index (χ0) is 15.7. The highest BCUT2D eigenvalue weighted by atomic mass is 16.6. The Balaban J connectivity index is 2.79. The maximum atomic E-state index is 11.9. The van der Waals surface area contributed by atoms with Crippen LogP contribution in [0.5, 0.6) is 0 Å². The van der Waals surface area contributed by atoms with Crippen LogP contribution in [-0.2, 0) is 19.1 Å². The van der Waals surface area contributed by atoms with Crippen LogP contribution >= 0.6 is 0 Å². The lowest BCUT2D eigenvalue weighted by Crippen LogP contribution is -2.66. The Kier molecular flexibility index (Phi) is 4.88. The fraction of sp³-hybridized carbons (Fsp3) is 0.875. The summed E-state index contributed by atoms with van der Waals surface area (Å²) in [6.45, 7) is 13.3. The molecule has 1 aliphatic carbocycles. The number of carbonyl (C=O) groups is 2. The average Bonchev–Trinajstić information content (AvgIpc) is 2.35. The van der Waals surface area contributed by atoms with Gasteiger partial charge in [0.1, 0.15) is 11.7 Å². The first-order valence-corrected chi connectivity index (χ1v) is 7.50. The summed E-state index contributed by atoms with van der Waals surface area (Å²) in [5.41, 5.74) is -0.868. The van der Waals surface area contributed by atoms with Crippen molar-refractivity contribution in [1.29, 1.82) is 0 Å². The molecule has 0 aromatic rings. The molecule has 0 saturated heterocycles. The van der Waals surface area contributed by atoms with Gasteiger partial charge in [-0.15, -0.1) is 0 Å². The van der Waals surface area contributed by atoms with E-state index in [1.54, 1.807) is 0 Å². The summed E-state index contributed by atoms with van der Waals surface area (Å²) in [6, 6.07) is 0. The van der Waals surface area contributed by atoms with Crippen LogP contribution < -0.4 is 0 Å². The largest absolute Gasteiger partial charge is 0.461 e. The fourth-order valence-electron chi connectivity index (χ4n) is 2.60. The van der Waals surface area contributed by atoms with Crippen molar-refractivity contribution < 1.29 is 19.1 Å². The van der Waals surface area contributed by atoms with Crippen LogP contribution in [0.1, 0.15) is 61.3 Å². The fourth-order valence-corrected chi connectivity index (χ4v) is 2.60. The second-order valence-corrected chi connectivity index (χ2v) is 6.93. The van der Waals surface area contributed by atoms with Crippen LogP contribution in [0, 0.1) is 17.3 Å². The Labute approximate surface area is 122 Å². The van der Waals surface area contributed by atoms with Crippen LogP contribution in [0.15, 0.2) is 0 Å². The lowest BCUT2D eigenvalue weighted by molar-refractivity contribution is -0.256. The Bertz CT molecular complexity index is 384. The van der Waals surface area contributed by atoms with E-state index in [2.05, 4.69) is 0 Å². The van der Waals surface area contributed by atoms with Crippen molar-refractivity contribution in [3.63, 3.8) is 0 Å². The van der Waals surface area contributed by atoms with Gasteiger partial charge in [0.15, 0.2) is 0 Å². The summed E-state index contributed by atoms with van der Waals surface area (Å²) in [5, 5.41) is 0. The second kappa shape index (κ2) is 5.74. The molecular weight excluding hydrogens is 256 g/mol. The molecule has 0 bridgehead atoms. The SMILES string of the molecule is CCC1(OC(=O)C(C)C)CC(OC(=O)C(C)C)C1(C)C. The molecule has 0 heterocycles. The lowest BCUT2D eigenvalue weighted by Gasteiger charge is -2.59. The van der Waals surface area contributed by atoms with Gasteiger partial charge in [0.05, 0.1) is 11.8 Å². The molecule has 0 N–H and O–H groups in total. The molecule has 116 valence electrons. The minimum atomic E-state index is -0.518. The van der Waals surface area contributed by atoms with E-state index in [0.29, 0.717) is 6.42 Å². The van der Waals surface area contributed by atoms with E-state index in [4.69, 9.17) is 9.47 Å². The molecule has 4 nitrogen and oxygen atoms in total. The quantitative estimate of drug-likeness (QED) is 0.727. The zero-order valence-corrected chi connectivity index (χ0v) is 13.8. The highest BCUT2D eigenvalue weighted by Crippen LogP contribution is 2.55. The molecule has 1 fully saturated rings. The third kappa shape index (κ3) is 2.84. The van der Waals surface area contributed by atoms with Gasteiger partial charge in [-0.2, -0.15) is 0 Å². The minimum absolute atomic E-state index is 0.138. The molecule has 20 heavy (non-hydrogen) atoms. The topological polar surface area (TPSA) is 52.6 Å². The molecule has 4 heteroatoms. The van der Waals surface area contributed by atoms with Crippen molar-refractivity contribution >= 4 is 11.9 Å². The number of rotatable bonds is 5. The van der Waals surface area contributed by atoms with Crippen molar-refractivity contribution in [2.45, 2.75) is 73.0 Å². The number of hydrogen-bond acceptors (Lipinski definition) is 4. The molecule has 0 aliphatic heterocycles. The number of carbonyl (C=O) groups excluding carboxylic acids is 2. The Morgan fingerprint density at radius 2 is 1.60 bits per heavy atom.